The summed E-state index contributed by atoms with van der Waals surface area (Å²) < 4.78 is 5.29. The molecule has 2 heteroatoms. The second-order valence-electron chi connectivity index (χ2n) is 6.54. The molecule has 2 aliphatic carbocycles. The summed E-state index contributed by atoms with van der Waals surface area (Å²) in [7, 11) is 1.64. The van der Waals surface area contributed by atoms with Gasteiger partial charge in [0.1, 0.15) is 0 Å². The molecule has 2 aliphatic rings. The van der Waals surface area contributed by atoms with E-state index in [1.165, 1.54) is 62.5 Å². The van der Waals surface area contributed by atoms with Crippen LogP contribution < -0.4 is 4.74 Å². The van der Waals surface area contributed by atoms with Crippen LogP contribution >= 0.6 is 0 Å². The number of phenols is 1. The smallest absolute Gasteiger partial charge is 0.160 e. The van der Waals surface area contributed by atoms with E-state index in [2.05, 4.69) is 6.07 Å². The van der Waals surface area contributed by atoms with Crippen LogP contribution in [0.15, 0.2) is 12.1 Å². The van der Waals surface area contributed by atoms with Crippen molar-refractivity contribution in [1.82, 2.24) is 0 Å². The fourth-order valence-electron chi connectivity index (χ4n) is 4.12. The molecule has 110 valence electrons. The third-order valence-corrected chi connectivity index (χ3v) is 5.28. The van der Waals surface area contributed by atoms with Gasteiger partial charge < -0.3 is 9.84 Å². The molecule has 1 unspecified atom stereocenters. The first-order valence-electron chi connectivity index (χ1n) is 8.17. The van der Waals surface area contributed by atoms with Crippen molar-refractivity contribution < 1.29 is 9.84 Å². The fourth-order valence-corrected chi connectivity index (χ4v) is 4.12. The van der Waals surface area contributed by atoms with Crippen LogP contribution in [0.3, 0.4) is 0 Å². The highest BCUT2D eigenvalue weighted by Gasteiger charge is 2.24. The Morgan fingerprint density at radius 3 is 2.65 bits per heavy atom. The number of rotatable bonds is 4. The van der Waals surface area contributed by atoms with Crippen molar-refractivity contribution in [2.24, 2.45) is 5.92 Å². The van der Waals surface area contributed by atoms with Gasteiger partial charge in [-0.2, -0.15) is 0 Å². The molecule has 1 N–H and O–H groups in total. The predicted octanol–water partition coefficient (Wildman–Crippen LogP) is 4.79. The van der Waals surface area contributed by atoms with Crippen LogP contribution in [0.5, 0.6) is 11.5 Å². The molecule has 0 radical (unpaired) electrons. The topological polar surface area (TPSA) is 29.5 Å². The van der Waals surface area contributed by atoms with Gasteiger partial charge in [-0.05, 0) is 67.2 Å². The minimum absolute atomic E-state index is 0.294. The van der Waals surface area contributed by atoms with E-state index < -0.39 is 0 Å². The minimum atomic E-state index is 0.294. The van der Waals surface area contributed by atoms with Crippen molar-refractivity contribution >= 4 is 0 Å². The lowest BCUT2D eigenvalue weighted by atomic mass is 9.79. The zero-order valence-electron chi connectivity index (χ0n) is 12.5. The Hall–Kier alpha value is -1.18. The maximum absolute atomic E-state index is 9.93. The van der Waals surface area contributed by atoms with Crippen LogP contribution in [0.2, 0.25) is 0 Å². The van der Waals surface area contributed by atoms with E-state index >= 15 is 0 Å². The molecule has 1 saturated carbocycles. The van der Waals surface area contributed by atoms with Crippen molar-refractivity contribution in [2.45, 2.75) is 63.7 Å². The summed E-state index contributed by atoms with van der Waals surface area (Å²) in [5.41, 5.74) is 2.77. The molecule has 1 atom stereocenters. The summed E-state index contributed by atoms with van der Waals surface area (Å²) in [5, 5.41) is 9.93. The Labute approximate surface area is 122 Å². The molecular formula is C18H26O2. The zero-order valence-corrected chi connectivity index (χ0v) is 12.5. The maximum Gasteiger partial charge on any atom is 0.160 e. The van der Waals surface area contributed by atoms with Gasteiger partial charge in [0.15, 0.2) is 11.5 Å². The molecular weight excluding hydrogens is 248 g/mol. The van der Waals surface area contributed by atoms with E-state index in [1.54, 1.807) is 7.11 Å². The van der Waals surface area contributed by atoms with Gasteiger partial charge in [-0.25, -0.2) is 0 Å². The second kappa shape index (κ2) is 6.07. The van der Waals surface area contributed by atoms with Gasteiger partial charge in [-0.1, -0.05) is 25.7 Å². The van der Waals surface area contributed by atoms with Gasteiger partial charge in [0, 0.05) is 0 Å². The largest absolute Gasteiger partial charge is 0.504 e. The first-order chi connectivity index (χ1) is 9.78. The molecule has 0 amide bonds. The lowest BCUT2D eigenvalue weighted by molar-refractivity contribution is 0.368. The van der Waals surface area contributed by atoms with E-state index in [9.17, 15) is 5.11 Å². The number of hydrogen-bond donors (Lipinski definition) is 1. The Morgan fingerprint density at radius 2 is 1.90 bits per heavy atom. The number of aryl methyl sites for hydroxylation is 1. The van der Waals surface area contributed by atoms with E-state index in [-0.39, 0.29) is 0 Å². The molecule has 0 saturated heterocycles. The molecule has 1 fully saturated rings. The van der Waals surface area contributed by atoms with E-state index in [0.717, 1.165) is 12.3 Å². The third-order valence-electron chi connectivity index (χ3n) is 5.28. The molecule has 3 rings (SSSR count). The number of fused-ring (bicyclic) bond motifs is 1. The highest BCUT2D eigenvalue weighted by atomic mass is 16.5. The molecule has 2 nitrogen and oxygen atoms in total. The Bertz CT molecular complexity index is 461. The van der Waals surface area contributed by atoms with Crippen molar-refractivity contribution in [3.8, 4) is 11.5 Å². The van der Waals surface area contributed by atoms with Gasteiger partial charge >= 0.3 is 0 Å². The monoisotopic (exact) mass is 274 g/mol. The van der Waals surface area contributed by atoms with Gasteiger partial charge in [0.25, 0.3) is 0 Å². The number of phenolic OH excluding ortho intramolecular Hbond substituents is 1. The van der Waals surface area contributed by atoms with E-state index in [4.69, 9.17) is 4.74 Å². The molecule has 0 heterocycles. The summed E-state index contributed by atoms with van der Waals surface area (Å²) in [6, 6.07) is 4.01. The molecule has 1 aromatic carbocycles. The van der Waals surface area contributed by atoms with Crippen LogP contribution in [0.4, 0.5) is 0 Å². The summed E-state index contributed by atoms with van der Waals surface area (Å²) in [4.78, 5) is 0. The Balaban J connectivity index is 1.74. The number of ether oxygens (including phenoxy) is 1. The number of methoxy groups -OCH3 is 1. The molecule has 0 bridgehead atoms. The van der Waals surface area contributed by atoms with E-state index in [1.807, 2.05) is 6.07 Å². The molecule has 0 spiro atoms. The summed E-state index contributed by atoms with van der Waals surface area (Å²) >= 11 is 0. The summed E-state index contributed by atoms with van der Waals surface area (Å²) in [6.45, 7) is 0. The van der Waals surface area contributed by atoms with Gasteiger partial charge in [0.2, 0.25) is 0 Å². The first-order valence-corrected chi connectivity index (χ1v) is 8.17. The standard InChI is InChI=1S/C18H26O2/c1-20-18-12-16-14(10-9-13-5-2-3-6-13)7-4-8-15(16)11-17(18)19/h11-14,19H,2-10H2,1H3. The van der Waals surface area contributed by atoms with Crippen molar-refractivity contribution in [3.63, 3.8) is 0 Å². The number of hydrogen-bond acceptors (Lipinski definition) is 2. The van der Waals surface area contributed by atoms with Crippen LogP contribution in [0.25, 0.3) is 0 Å². The summed E-state index contributed by atoms with van der Waals surface area (Å²) in [5.74, 6) is 2.58. The van der Waals surface area contributed by atoms with Gasteiger partial charge in [0.05, 0.1) is 7.11 Å². The number of aromatic hydroxyl groups is 1. The average molecular weight is 274 g/mol. The highest BCUT2D eigenvalue weighted by molar-refractivity contribution is 5.48. The van der Waals surface area contributed by atoms with Crippen LogP contribution in [0.1, 0.15) is 68.4 Å². The number of benzene rings is 1. The molecule has 20 heavy (non-hydrogen) atoms. The maximum atomic E-state index is 9.93. The van der Waals surface area contributed by atoms with E-state index in [0.29, 0.717) is 17.4 Å². The third kappa shape index (κ3) is 2.79. The average Bonchev–Trinajstić information content (AvgIpc) is 2.97. The van der Waals surface area contributed by atoms with Crippen molar-refractivity contribution in [3.05, 3.63) is 23.3 Å². The lowest BCUT2D eigenvalue weighted by Crippen LogP contribution is -2.11. The highest BCUT2D eigenvalue weighted by Crippen LogP contribution is 2.42. The second-order valence-corrected chi connectivity index (χ2v) is 6.54. The first kappa shape index (κ1) is 13.8. The van der Waals surface area contributed by atoms with Crippen molar-refractivity contribution in [2.75, 3.05) is 7.11 Å². The molecule has 0 aromatic heterocycles. The molecule has 0 aliphatic heterocycles. The van der Waals surface area contributed by atoms with Crippen molar-refractivity contribution in [1.29, 1.82) is 0 Å². The van der Waals surface area contributed by atoms with Crippen LogP contribution in [-0.4, -0.2) is 12.2 Å². The van der Waals surface area contributed by atoms with Gasteiger partial charge in [-0.15, -0.1) is 0 Å². The SMILES string of the molecule is COc1cc2c(cc1O)CCCC2CCC1CCCC1. The Morgan fingerprint density at radius 1 is 1.10 bits per heavy atom. The van der Waals surface area contributed by atoms with Crippen LogP contribution in [0, 0.1) is 5.92 Å². The normalized spacial score (nSPS) is 22.8. The van der Waals surface area contributed by atoms with Gasteiger partial charge in [-0.3, -0.25) is 0 Å². The predicted molar refractivity (Wildman–Crippen MR) is 81.5 cm³/mol. The van der Waals surface area contributed by atoms with Crippen LogP contribution in [-0.2, 0) is 6.42 Å². The summed E-state index contributed by atoms with van der Waals surface area (Å²) in [6.07, 6.45) is 12.1. The lowest BCUT2D eigenvalue weighted by Gasteiger charge is -2.27. The quantitative estimate of drug-likeness (QED) is 0.855. The Kier molecular flexibility index (Phi) is 4.18. The zero-order chi connectivity index (χ0) is 13.9. The minimum Gasteiger partial charge on any atom is -0.504 e. The molecule has 1 aromatic rings. The fraction of sp³-hybridized carbons (Fsp3) is 0.667.